The number of fused-ring (bicyclic) bond motifs is 2. The minimum Gasteiger partial charge on any atom is -0.465 e. The molecule has 1 saturated heterocycles. The summed E-state index contributed by atoms with van der Waals surface area (Å²) in [6, 6.07) is 6.51. The zero-order valence-corrected chi connectivity index (χ0v) is 23.7. The van der Waals surface area contributed by atoms with Gasteiger partial charge in [0.15, 0.2) is 24.2 Å². The van der Waals surface area contributed by atoms with Gasteiger partial charge in [-0.1, -0.05) is 0 Å². The molecule has 13 nitrogen and oxygen atoms in total. The summed E-state index contributed by atoms with van der Waals surface area (Å²) in [5, 5.41) is 26.6. The van der Waals surface area contributed by atoms with E-state index in [1.165, 1.54) is 16.7 Å². The number of piperazine rings is 1. The fourth-order valence-corrected chi connectivity index (χ4v) is 5.43. The van der Waals surface area contributed by atoms with Crippen LogP contribution in [-0.4, -0.2) is 99.1 Å². The first kappa shape index (κ1) is 29.0. The number of methoxy groups -OCH3 is 1. The molecule has 3 heterocycles. The number of hydrogen-bond donors (Lipinski definition) is 3. The number of rotatable bonds is 8. The molecule has 2 atom stereocenters. The summed E-state index contributed by atoms with van der Waals surface area (Å²) in [6.07, 6.45) is 0.683. The molecule has 1 aliphatic heterocycles. The summed E-state index contributed by atoms with van der Waals surface area (Å²) >= 11 is 0. The van der Waals surface area contributed by atoms with E-state index in [-0.39, 0.29) is 60.4 Å². The number of carbonyl (C=O) groups is 2. The first-order chi connectivity index (χ1) is 20.1. The second-order valence-electron chi connectivity index (χ2n) is 10.2. The van der Waals surface area contributed by atoms with Crippen molar-refractivity contribution >= 4 is 39.5 Å². The summed E-state index contributed by atoms with van der Waals surface area (Å²) in [6.45, 7) is 4.10. The van der Waals surface area contributed by atoms with Crippen molar-refractivity contribution in [1.29, 1.82) is 0 Å². The molecule has 0 radical (unpaired) electrons. The normalized spacial score (nSPS) is 17.2. The molecular formula is C28H32FN7O6. The number of nitrogens with one attached hydrogen (secondary N) is 1. The molecule has 222 valence electrons. The molecule has 0 saturated carbocycles. The van der Waals surface area contributed by atoms with Crippen LogP contribution in [0.25, 0.3) is 33.2 Å². The van der Waals surface area contributed by atoms with E-state index >= 15 is 4.39 Å². The van der Waals surface area contributed by atoms with Gasteiger partial charge in [0.05, 0.1) is 29.8 Å². The smallest absolute Gasteiger partial charge is 0.407 e. The van der Waals surface area contributed by atoms with E-state index in [4.69, 9.17) is 9.47 Å². The van der Waals surface area contributed by atoms with E-state index < -0.39 is 17.8 Å². The van der Waals surface area contributed by atoms with Crippen LogP contribution in [0.2, 0.25) is 0 Å². The molecule has 2 aromatic heterocycles. The summed E-state index contributed by atoms with van der Waals surface area (Å²) < 4.78 is 27.7. The van der Waals surface area contributed by atoms with Crippen molar-refractivity contribution in [2.45, 2.75) is 25.9 Å². The summed E-state index contributed by atoms with van der Waals surface area (Å²) in [4.78, 5) is 37.8. The van der Waals surface area contributed by atoms with Crippen molar-refractivity contribution in [3.8, 4) is 17.1 Å². The monoisotopic (exact) mass is 581 g/mol. The second kappa shape index (κ2) is 11.7. The number of aromatic nitrogens is 4. The second-order valence-corrected chi connectivity index (χ2v) is 10.2. The third kappa shape index (κ3) is 5.37. The van der Waals surface area contributed by atoms with E-state index in [1.807, 2.05) is 19.9 Å². The van der Waals surface area contributed by atoms with Gasteiger partial charge in [-0.2, -0.15) is 5.10 Å². The first-order valence-electron chi connectivity index (χ1n) is 13.4. The highest BCUT2D eigenvalue weighted by molar-refractivity contribution is 6.06. The number of halogens is 1. The molecule has 42 heavy (non-hydrogen) atoms. The molecule has 0 aliphatic carbocycles. The lowest BCUT2D eigenvalue weighted by atomic mass is 10.1. The summed E-state index contributed by atoms with van der Waals surface area (Å²) in [5.74, 6) is -1.37. The van der Waals surface area contributed by atoms with E-state index in [0.717, 1.165) is 5.69 Å². The predicted octanol–water partition coefficient (Wildman–Crippen LogP) is 2.60. The first-order valence-corrected chi connectivity index (χ1v) is 13.4. The number of carbonyl (C=O) groups excluding carboxylic acids is 1. The Labute approximate surface area is 240 Å². The number of aliphatic hydroxyl groups is 1. The number of hydrogen-bond acceptors (Lipinski definition) is 9. The average Bonchev–Trinajstić information content (AvgIpc) is 3.34. The molecule has 3 N–H and O–H groups in total. The molecular weight excluding hydrogens is 549 g/mol. The fourth-order valence-electron chi connectivity index (χ4n) is 5.43. The van der Waals surface area contributed by atoms with E-state index in [2.05, 4.69) is 25.3 Å². The third-order valence-electron chi connectivity index (χ3n) is 7.17. The van der Waals surface area contributed by atoms with Crippen LogP contribution in [0.15, 0.2) is 30.5 Å². The van der Waals surface area contributed by atoms with Crippen molar-refractivity contribution in [1.82, 2.24) is 30.0 Å². The van der Waals surface area contributed by atoms with Crippen molar-refractivity contribution < 1.29 is 33.7 Å². The fraction of sp³-hybridized carbons (Fsp3) is 0.393. The van der Waals surface area contributed by atoms with Crippen LogP contribution in [0.5, 0.6) is 5.75 Å². The molecule has 2 aromatic carbocycles. The van der Waals surface area contributed by atoms with E-state index in [0.29, 0.717) is 29.4 Å². The maximum Gasteiger partial charge on any atom is 0.407 e. The van der Waals surface area contributed by atoms with Gasteiger partial charge in [-0.25, -0.2) is 19.2 Å². The number of anilines is 1. The van der Waals surface area contributed by atoms with Crippen molar-refractivity contribution in [3.63, 3.8) is 0 Å². The largest absolute Gasteiger partial charge is 0.465 e. The number of amides is 2. The van der Waals surface area contributed by atoms with Crippen LogP contribution in [0.3, 0.4) is 0 Å². The van der Waals surface area contributed by atoms with E-state index in [1.54, 1.807) is 31.4 Å². The molecule has 5 rings (SSSR count). The minimum absolute atomic E-state index is 0.00397. The number of ether oxygens (including phenoxy) is 2. The highest BCUT2D eigenvalue weighted by atomic mass is 19.1. The van der Waals surface area contributed by atoms with Crippen LogP contribution in [0, 0.1) is 5.82 Å². The lowest BCUT2D eigenvalue weighted by Crippen LogP contribution is -2.58. The van der Waals surface area contributed by atoms with Gasteiger partial charge in [0.2, 0.25) is 0 Å². The Morgan fingerprint density at radius 1 is 1.17 bits per heavy atom. The predicted molar refractivity (Wildman–Crippen MR) is 152 cm³/mol. The molecule has 4 aromatic rings. The molecule has 1 fully saturated rings. The molecule has 14 heteroatoms. The van der Waals surface area contributed by atoms with Crippen molar-refractivity contribution in [2.24, 2.45) is 7.05 Å². The molecule has 2 amide bonds. The Morgan fingerprint density at radius 3 is 2.57 bits per heavy atom. The van der Waals surface area contributed by atoms with Crippen LogP contribution in [0.4, 0.5) is 14.9 Å². The maximum atomic E-state index is 15.6. The number of nitrogens with zero attached hydrogens (tertiary/aromatic N) is 6. The maximum absolute atomic E-state index is 15.6. The van der Waals surface area contributed by atoms with Gasteiger partial charge in [-0.3, -0.25) is 14.4 Å². The Hall–Kier alpha value is -4.56. The molecule has 0 spiro atoms. The van der Waals surface area contributed by atoms with Crippen LogP contribution in [0.1, 0.15) is 24.3 Å². The van der Waals surface area contributed by atoms with Gasteiger partial charge >= 0.3 is 6.09 Å². The van der Waals surface area contributed by atoms with Gasteiger partial charge < -0.3 is 29.9 Å². The molecule has 0 unspecified atom stereocenters. The quantitative estimate of drug-likeness (QED) is 0.265. The third-order valence-corrected chi connectivity index (χ3v) is 7.17. The van der Waals surface area contributed by atoms with E-state index in [9.17, 15) is 19.8 Å². The van der Waals surface area contributed by atoms with Crippen LogP contribution >= 0.6 is 0 Å². The van der Waals surface area contributed by atoms with Crippen LogP contribution < -0.4 is 15.0 Å². The van der Waals surface area contributed by atoms with Gasteiger partial charge in [-0.15, -0.1) is 0 Å². The number of aliphatic hydroxyl groups excluding tert-OH is 1. The SMILES string of the molecule is COCOc1c(-c2nc(C(=O)NCCO)c3cc(N4C[C@@H](C)N(C(=O)O)[C@@H](C)C4)ccc3n2)cc2cn(C)nc2c1F. The van der Waals surface area contributed by atoms with Crippen molar-refractivity contribution in [2.75, 3.05) is 45.0 Å². The van der Waals surface area contributed by atoms with Gasteiger partial charge in [0, 0.05) is 56.4 Å². The Balaban J connectivity index is 1.65. The summed E-state index contributed by atoms with van der Waals surface area (Å²) in [7, 11) is 3.08. The minimum atomic E-state index is -0.966. The van der Waals surface area contributed by atoms with Gasteiger partial charge in [0.1, 0.15) is 11.2 Å². The average molecular weight is 582 g/mol. The van der Waals surface area contributed by atoms with Gasteiger partial charge in [0.25, 0.3) is 5.91 Å². The van der Waals surface area contributed by atoms with Gasteiger partial charge in [-0.05, 0) is 38.1 Å². The number of carboxylic acid groups (broad SMARTS) is 1. The lowest BCUT2D eigenvalue weighted by Gasteiger charge is -2.44. The lowest BCUT2D eigenvalue weighted by molar-refractivity contribution is 0.0489. The number of aryl methyl sites for hydroxylation is 1. The zero-order chi connectivity index (χ0) is 30.1. The Kier molecular flexibility index (Phi) is 8.09. The Morgan fingerprint density at radius 2 is 1.90 bits per heavy atom. The Bertz CT molecular complexity index is 1650. The highest BCUT2D eigenvalue weighted by Crippen LogP contribution is 2.37. The van der Waals surface area contributed by atoms with Crippen LogP contribution in [-0.2, 0) is 11.8 Å². The zero-order valence-electron chi connectivity index (χ0n) is 23.7. The molecule has 0 bridgehead atoms. The summed E-state index contributed by atoms with van der Waals surface area (Å²) in [5.41, 5.74) is 1.53. The standard InChI is InChI=1S/C28H32FN7O6/c1-15-11-35(12-16(2)36(15)28(39)40)18-5-6-21-19(10-18)24(27(38)30-7-8-37)32-26(31-21)20-9-17-13-34(3)33-23(17)22(29)25(20)42-14-41-4/h5-6,9-10,13,15-16,37H,7-8,11-12,14H2,1-4H3,(H,30,38)(H,39,40)/t15-,16+. The van der Waals surface area contributed by atoms with Crippen molar-refractivity contribution in [3.05, 3.63) is 42.0 Å². The number of benzene rings is 2. The topological polar surface area (TPSA) is 155 Å². The molecule has 1 aliphatic rings. The highest BCUT2D eigenvalue weighted by Gasteiger charge is 2.33.